The van der Waals surface area contributed by atoms with Crippen LogP contribution in [-0.2, 0) is 0 Å². The summed E-state index contributed by atoms with van der Waals surface area (Å²) in [6.07, 6.45) is 0. The van der Waals surface area contributed by atoms with Gasteiger partial charge in [-0.05, 0) is 12.1 Å². The molecule has 0 aliphatic carbocycles. The Morgan fingerprint density at radius 2 is 1.60 bits per heavy atom. The van der Waals surface area contributed by atoms with Crippen molar-refractivity contribution < 1.29 is 9.59 Å². The molecule has 2 rings (SSSR count). The zero-order valence-electron chi connectivity index (χ0n) is 7.84. The van der Waals surface area contributed by atoms with E-state index in [0.29, 0.717) is 11.1 Å². The maximum atomic E-state index is 11.7. The van der Waals surface area contributed by atoms with Gasteiger partial charge in [0.15, 0.2) is 0 Å². The third-order valence-corrected chi connectivity index (χ3v) is 2.29. The quantitative estimate of drug-likeness (QED) is 0.546. The van der Waals surface area contributed by atoms with Crippen molar-refractivity contribution in [1.82, 2.24) is 4.90 Å². The fourth-order valence-corrected chi connectivity index (χ4v) is 1.58. The third-order valence-electron chi connectivity index (χ3n) is 2.29. The van der Waals surface area contributed by atoms with Crippen LogP contribution in [0.3, 0.4) is 0 Å². The van der Waals surface area contributed by atoms with Crippen LogP contribution in [0, 0.1) is 4.91 Å². The van der Waals surface area contributed by atoms with Crippen LogP contribution in [0.1, 0.15) is 20.7 Å². The number of carbonyl (C=O) groups excluding carboxylic acids is 2. The van der Waals surface area contributed by atoms with Crippen LogP contribution in [-0.4, -0.2) is 29.8 Å². The highest BCUT2D eigenvalue weighted by Gasteiger charge is 2.34. The van der Waals surface area contributed by atoms with E-state index in [2.05, 4.69) is 5.18 Å². The minimum absolute atomic E-state index is 0.0514. The van der Waals surface area contributed by atoms with Crippen molar-refractivity contribution >= 4 is 11.8 Å². The molecular formula is C10H8N2O3. The molecule has 0 fully saturated rings. The smallest absolute Gasteiger partial charge is 0.261 e. The van der Waals surface area contributed by atoms with Crippen LogP contribution in [0.5, 0.6) is 0 Å². The number of benzene rings is 1. The van der Waals surface area contributed by atoms with E-state index in [1.54, 1.807) is 24.3 Å². The maximum absolute atomic E-state index is 11.7. The van der Waals surface area contributed by atoms with Gasteiger partial charge in [0.05, 0.1) is 24.2 Å². The summed E-state index contributed by atoms with van der Waals surface area (Å²) in [7, 11) is 0. The summed E-state index contributed by atoms with van der Waals surface area (Å²) < 4.78 is 0. The topological polar surface area (TPSA) is 66.8 Å². The van der Waals surface area contributed by atoms with Gasteiger partial charge >= 0.3 is 0 Å². The molecule has 5 heteroatoms. The van der Waals surface area contributed by atoms with Gasteiger partial charge in [0.25, 0.3) is 11.8 Å². The molecule has 1 aromatic carbocycles. The van der Waals surface area contributed by atoms with Crippen molar-refractivity contribution in [1.29, 1.82) is 0 Å². The molecule has 0 saturated carbocycles. The van der Waals surface area contributed by atoms with Crippen LogP contribution in [0.15, 0.2) is 29.4 Å². The largest absolute Gasteiger partial charge is 0.272 e. The molecule has 2 amide bonds. The number of fused-ring (bicyclic) bond motifs is 1. The number of carbonyl (C=O) groups is 2. The Morgan fingerprint density at radius 1 is 1.07 bits per heavy atom. The van der Waals surface area contributed by atoms with Gasteiger partial charge in [-0.3, -0.25) is 14.5 Å². The zero-order valence-corrected chi connectivity index (χ0v) is 7.84. The number of nitrogens with zero attached hydrogens (tertiary/aromatic N) is 2. The molecule has 5 nitrogen and oxygen atoms in total. The molecule has 15 heavy (non-hydrogen) atoms. The number of rotatable bonds is 3. The monoisotopic (exact) mass is 204 g/mol. The number of nitroso groups, excluding NO2 is 1. The third kappa shape index (κ3) is 1.41. The molecule has 0 aromatic heterocycles. The Morgan fingerprint density at radius 3 is 2.07 bits per heavy atom. The predicted molar refractivity (Wildman–Crippen MR) is 52.5 cm³/mol. The van der Waals surface area contributed by atoms with Gasteiger partial charge in [0, 0.05) is 0 Å². The lowest BCUT2D eigenvalue weighted by Crippen LogP contribution is -2.31. The second-order valence-corrected chi connectivity index (χ2v) is 3.16. The molecule has 0 radical (unpaired) electrons. The van der Waals surface area contributed by atoms with Crippen LogP contribution in [0.25, 0.3) is 0 Å². The second kappa shape index (κ2) is 3.61. The molecule has 0 spiro atoms. The Hall–Kier alpha value is -2.04. The Labute approximate surface area is 85.7 Å². The van der Waals surface area contributed by atoms with E-state index in [4.69, 9.17) is 0 Å². The molecule has 0 unspecified atom stereocenters. The van der Waals surface area contributed by atoms with Crippen LogP contribution in [0.4, 0.5) is 0 Å². The highest BCUT2D eigenvalue weighted by atomic mass is 16.3. The Kier molecular flexibility index (Phi) is 2.29. The maximum Gasteiger partial charge on any atom is 0.261 e. The van der Waals surface area contributed by atoms with E-state index in [1.807, 2.05) is 0 Å². The highest BCUT2D eigenvalue weighted by molar-refractivity contribution is 6.21. The van der Waals surface area contributed by atoms with Crippen molar-refractivity contribution in [2.24, 2.45) is 5.18 Å². The summed E-state index contributed by atoms with van der Waals surface area (Å²) in [5.74, 6) is -0.696. The SMILES string of the molecule is O=NCCN1C(=O)c2ccccc2C1=O. The number of hydrogen-bond donors (Lipinski definition) is 0. The van der Waals surface area contributed by atoms with E-state index < -0.39 is 0 Å². The Bertz CT molecular complexity index is 407. The van der Waals surface area contributed by atoms with Gasteiger partial charge < -0.3 is 0 Å². The molecule has 1 aliphatic heterocycles. The zero-order chi connectivity index (χ0) is 10.8. The first kappa shape index (κ1) is 9.51. The van der Waals surface area contributed by atoms with E-state index >= 15 is 0 Å². The summed E-state index contributed by atoms with van der Waals surface area (Å²) in [4.78, 5) is 34.3. The van der Waals surface area contributed by atoms with Crippen molar-refractivity contribution in [3.63, 3.8) is 0 Å². The molecule has 1 aliphatic rings. The molecule has 0 N–H and O–H groups in total. The van der Waals surface area contributed by atoms with Crippen LogP contribution < -0.4 is 0 Å². The van der Waals surface area contributed by atoms with Crippen LogP contribution >= 0.6 is 0 Å². The second-order valence-electron chi connectivity index (χ2n) is 3.16. The average Bonchev–Trinajstić information content (AvgIpc) is 2.51. The molecule has 0 bridgehead atoms. The Balaban J connectivity index is 2.32. The van der Waals surface area contributed by atoms with Crippen molar-refractivity contribution in [2.75, 3.05) is 13.1 Å². The minimum Gasteiger partial charge on any atom is -0.272 e. The van der Waals surface area contributed by atoms with Crippen molar-refractivity contribution in [3.8, 4) is 0 Å². The van der Waals surface area contributed by atoms with E-state index in [-0.39, 0.29) is 24.9 Å². The molecular weight excluding hydrogens is 196 g/mol. The standard InChI is InChI=1S/C10H8N2O3/c13-9-7-3-1-2-4-8(7)10(14)12(9)6-5-11-15/h1-4H,5-6H2. The lowest BCUT2D eigenvalue weighted by Gasteiger charge is -2.10. The summed E-state index contributed by atoms with van der Waals surface area (Å²) in [6, 6.07) is 6.60. The summed E-state index contributed by atoms with van der Waals surface area (Å²) in [6.45, 7) is -0.0126. The van der Waals surface area contributed by atoms with Gasteiger partial charge in [-0.15, -0.1) is 0 Å². The fraction of sp³-hybridized carbons (Fsp3) is 0.200. The van der Waals surface area contributed by atoms with Gasteiger partial charge in [-0.25, -0.2) is 0 Å². The summed E-state index contributed by atoms with van der Waals surface area (Å²) in [5, 5.41) is 2.63. The predicted octanol–water partition coefficient (Wildman–Crippen LogP) is 1.05. The first-order valence-electron chi connectivity index (χ1n) is 4.50. The van der Waals surface area contributed by atoms with Gasteiger partial charge in [-0.2, -0.15) is 4.91 Å². The van der Waals surface area contributed by atoms with E-state index in [9.17, 15) is 14.5 Å². The molecule has 76 valence electrons. The fourth-order valence-electron chi connectivity index (χ4n) is 1.58. The molecule has 1 heterocycles. The molecule has 0 saturated heterocycles. The lowest BCUT2D eigenvalue weighted by atomic mass is 10.1. The molecule has 0 atom stereocenters. The van der Waals surface area contributed by atoms with Crippen molar-refractivity contribution in [2.45, 2.75) is 0 Å². The first-order valence-corrected chi connectivity index (χ1v) is 4.50. The number of hydrogen-bond acceptors (Lipinski definition) is 4. The number of imide groups is 1. The van der Waals surface area contributed by atoms with Gasteiger partial charge in [0.2, 0.25) is 0 Å². The summed E-state index contributed by atoms with van der Waals surface area (Å²) >= 11 is 0. The normalized spacial score (nSPS) is 14.3. The lowest BCUT2D eigenvalue weighted by molar-refractivity contribution is 0.0659. The average molecular weight is 204 g/mol. The van der Waals surface area contributed by atoms with Gasteiger partial charge in [-0.1, -0.05) is 17.3 Å². The molecule has 1 aromatic rings. The van der Waals surface area contributed by atoms with E-state index in [1.165, 1.54) is 0 Å². The minimum atomic E-state index is -0.348. The number of amides is 2. The van der Waals surface area contributed by atoms with Gasteiger partial charge in [0.1, 0.15) is 0 Å². The van der Waals surface area contributed by atoms with E-state index in [0.717, 1.165) is 4.90 Å². The summed E-state index contributed by atoms with van der Waals surface area (Å²) in [5.41, 5.74) is 0.793. The van der Waals surface area contributed by atoms with Crippen molar-refractivity contribution in [3.05, 3.63) is 40.3 Å². The first-order chi connectivity index (χ1) is 7.25. The van der Waals surface area contributed by atoms with Crippen LogP contribution in [0.2, 0.25) is 0 Å². The highest BCUT2D eigenvalue weighted by Crippen LogP contribution is 2.21.